The molecule has 0 aliphatic carbocycles. The summed E-state index contributed by atoms with van der Waals surface area (Å²) < 4.78 is 17.8. The molecule has 2 aromatic rings. The largest absolute Gasteiger partial charge is 0.493 e. The van der Waals surface area contributed by atoms with Gasteiger partial charge in [0.2, 0.25) is 0 Å². The maximum absolute atomic E-state index is 13.5. The van der Waals surface area contributed by atoms with E-state index in [-0.39, 0.29) is 5.91 Å². The predicted octanol–water partition coefficient (Wildman–Crippen LogP) is 4.62. The number of hydrogen-bond acceptors (Lipinski definition) is 4. The summed E-state index contributed by atoms with van der Waals surface area (Å²) in [6.07, 6.45) is 3.33. The maximum atomic E-state index is 13.5. The fraction of sp³-hybridized carbons (Fsp3) is 0.458. The number of para-hydroxylation sites is 1. The van der Waals surface area contributed by atoms with Gasteiger partial charge in [0.15, 0.2) is 0 Å². The Bertz CT molecular complexity index is 902. The van der Waals surface area contributed by atoms with E-state index in [2.05, 4.69) is 13.0 Å². The van der Waals surface area contributed by atoms with Crippen LogP contribution in [0, 0.1) is 13.8 Å². The van der Waals surface area contributed by atoms with E-state index in [0.29, 0.717) is 26.4 Å². The van der Waals surface area contributed by atoms with Gasteiger partial charge in [-0.3, -0.25) is 4.79 Å². The molecule has 2 aromatic carbocycles. The van der Waals surface area contributed by atoms with E-state index >= 15 is 0 Å². The Morgan fingerprint density at radius 2 is 1.86 bits per heavy atom. The van der Waals surface area contributed by atoms with Gasteiger partial charge < -0.3 is 19.1 Å². The van der Waals surface area contributed by atoms with Gasteiger partial charge in [-0.1, -0.05) is 49.6 Å². The highest BCUT2D eigenvalue weighted by molar-refractivity contribution is 6.07. The molecule has 2 heterocycles. The zero-order valence-corrected chi connectivity index (χ0v) is 17.5. The highest BCUT2D eigenvalue weighted by Crippen LogP contribution is 2.48. The number of hydrogen-bond donors (Lipinski definition) is 0. The van der Waals surface area contributed by atoms with Gasteiger partial charge in [0, 0.05) is 11.1 Å². The van der Waals surface area contributed by atoms with Crippen LogP contribution in [-0.2, 0) is 26.6 Å². The molecule has 0 atom stereocenters. The number of unbranched alkanes of at least 4 members (excludes halogenated alkanes) is 2. The lowest BCUT2D eigenvalue weighted by molar-refractivity contribution is -0.180. The molecule has 0 N–H and O–H groups in total. The van der Waals surface area contributed by atoms with Crippen molar-refractivity contribution in [1.82, 2.24) is 0 Å². The second-order valence-electron chi connectivity index (χ2n) is 7.85. The van der Waals surface area contributed by atoms with E-state index in [1.54, 1.807) is 4.90 Å². The average molecular weight is 395 g/mol. The highest BCUT2D eigenvalue weighted by atomic mass is 16.7. The summed E-state index contributed by atoms with van der Waals surface area (Å²) in [4.78, 5) is 15.3. The first-order valence-electron chi connectivity index (χ1n) is 10.5. The summed E-state index contributed by atoms with van der Waals surface area (Å²) in [6.45, 7) is 8.19. The number of nitrogens with zero attached hydrogens (tertiary/aromatic N) is 1. The summed E-state index contributed by atoms with van der Waals surface area (Å²) in [7, 11) is 0. The van der Waals surface area contributed by atoms with Gasteiger partial charge >= 0.3 is 0 Å². The SMILES string of the molecule is CCCCCOc1ccccc1CN1C(=O)C2(OCCO2)c2cc(C)cc(C)c21. The fourth-order valence-electron chi connectivity index (χ4n) is 4.29. The van der Waals surface area contributed by atoms with Crippen molar-refractivity contribution in [1.29, 1.82) is 0 Å². The van der Waals surface area contributed by atoms with E-state index in [4.69, 9.17) is 14.2 Å². The second kappa shape index (κ2) is 8.17. The molecule has 1 spiro atoms. The molecule has 5 nitrogen and oxygen atoms in total. The smallest absolute Gasteiger partial charge is 0.292 e. The molecule has 1 fully saturated rings. The van der Waals surface area contributed by atoms with Gasteiger partial charge in [-0.2, -0.15) is 0 Å². The van der Waals surface area contributed by atoms with Crippen LogP contribution >= 0.6 is 0 Å². The number of benzene rings is 2. The number of anilines is 1. The number of carbonyl (C=O) groups excluding carboxylic acids is 1. The molecule has 0 bridgehead atoms. The Balaban J connectivity index is 1.66. The Hall–Kier alpha value is -2.37. The third kappa shape index (κ3) is 3.53. The van der Waals surface area contributed by atoms with Gasteiger partial charge in [-0.15, -0.1) is 0 Å². The molecule has 2 aliphatic heterocycles. The monoisotopic (exact) mass is 395 g/mol. The molecule has 0 aromatic heterocycles. The zero-order chi connectivity index (χ0) is 20.4. The van der Waals surface area contributed by atoms with Crippen LogP contribution < -0.4 is 9.64 Å². The molecule has 29 heavy (non-hydrogen) atoms. The van der Waals surface area contributed by atoms with Crippen molar-refractivity contribution in [3.8, 4) is 5.75 Å². The quantitative estimate of drug-likeness (QED) is 0.642. The van der Waals surface area contributed by atoms with Crippen LogP contribution in [-0.4, -0.2) is 25.7 Å². The first kappa shape index (κ1) is 19.9. The molecule has 1 saturated heterocycles. The van der Waals surface area contributed by atoms with Gasteiger partial charge in [0.25, 0.3) is 11.7 Å². The van der Waals surface area contributed by atoms with Gasteiger partial charge in [-0.25, -0.2) is 0 Å². The van der Waals surface area contributed by atoms with Crippen molar-refractivity contribution in [2.24, 2.45) is 0 Å². The van der Waals surface area contributed by atoms with Crippen LogP contribution in [0.3, 0.4) is 0 Å². The second-order valence-corrected chi connectivity index (χ2v) is 7.85. The number of aryl methyl sites for hydroxylation is 2. The van der Waals surface area contributed by atoms with Crippen molar-refractivity contribution in [2.75, 3.05) is 24.7 Å². The molecule has 0 saturated carbocycles. The zero-order valence-electron chi connectivity index (χ0n) is 17.5. The number of amides is 1. The molecular formula is C24H29NO4. The van der Waals surface area contributed by atoms with Crippen LogP contribution in [0.4, 0.5) is 5.69 Å². The van der Waals surface area contributed by atoms with Crippen LogP contribution in [0.15, 0.2) is 36.4 Å². The van der Waals surface area contributed by atoms with Crippen molar-refractivity contribution in [3.05, 3.63) is 58.7 Å². The molecule has 154 valence electrons. The van der Waals surface area contributed by atoms with Crippen molar-refractivity contribution >= 4 is 11.6 Å². The van der Waals surface area contributed by atoms with E-state index in [1.165, 1.54) is 0 Å². The lowest BCUT2D eigenvalue weighted by Crippen LogP contribution is -2.41. The first-order valence-corrected chi connectivity index (χ1v) is 10.5. The van der Waals surface area contributed by atoms with Crippen molar-refractivity contribution in [2.45, 2.75) is 52.4 Å². The van der Waals surface area contributed by atoms with Crippen LogP contribution in [0.2, 0.25) is 0 Å². The molecule has 5 heteroatoms. The summed E-state index contributed by atoms with van der Waals surface area (Å²) in [5.74, 6) is -0.625. The lowest BCUT2D eigenvalue weighted by Gasteiger charge is -2.23. The van der Waals surface area contributed by atoms with E-state index in [9.17, 15) is 4.79 Å². The van der Waals surface area contributed by atoms with Crippen LogP contribution in [0.1, 0.15) is 48.4 Å². The Morgan fingerprint density at radius 3 is 2.62 bits per heavy atom. The number of ether oxygens (including phenoxy) is 3. The topological polar surface area (TPSA) is 48.0 Å². The number of carbonyl (C=O) groups is 1. The molecular weight excluding hydrogens is 366 g/mol. The predicted molar refractivity (Wildman–Crippen MR) is 112 cm³/mol. The van der Waals surface area contributed by atoms with E-state index < -0.39 is 5.79 Å². The van der Waals surface area contributed by atoms with Gasteiger partial charge in [-0.05, 0) is 38.0 Å². The number of fused-ring (bicyclic) bond motifs is 2. The van der Waals surface area contributed by atoms with Crippen molar-refractivity contribution in [3.63, 3.8) is 0 Å². The third-order valence-corrected chi connectivity index (χ3v) is 5.60. The standard InChI is InChI=1S/C24H29NO4/c1-4-5-8-11-27-21-10-7-6-9-19(21)16-25-22-18(3)14-17(2)15-20(22)24(23(25)26)28-12-13-29-24/h6-7,9-10,14-15H,4-5,8,11-13,16H2,1-3H3. The van der Waals surface area contributed by atoms with Crippen LogP contribution in [0.25, 0.3) is 0 Å². The average Bonchev–Trinajstić information content (AvgIpc) is 3.28. The van der Waals surface area contributed by atoms with Crippen molar-refractivity contribution < 1.29 is 19.0 Å². The molecule has 0 unspecified atom stereocenters. The van der Waals surface area contributed by atoms with Crippen LogP contribution in [0.5, 0.6) is 5.75 Å². The van der Waals surface area contributed by atoms with Gasteiger partial charge in [0.1, 0.15) is 5.75 Å². The summed E-state index contributed by atoms with van der Waals surface area (Å²) in [6, 6.07) is 12.1. The fourth-order valence-corrected chi connectivity index (χ4v) is 4.29. The third-order valence-electron chi connectivity index (χ3n) is 5.60. The molecule has 1 amide bonds. The minimum absolute atomic E-state index is 0.153. The summed E-state index contributed by atoms with van der Waals surface area (Å²) in [5.41, 5.74) is 4.83. The normalized spacial score (nSPS) is 17.2. The summed E-state index contributed by atoms with van der Waals surface area (Å²) in [5, 5.41) is 0. The minimum Gasteiger partial charge on any atom is -0.493 e. The van der Waals surface area contributed by atoms with E-state index in [1.807, 2.05) is 44.2 Å². The Labute approximate surface area is 172 Å². The molecule has 4 rings (SSSR count). The van der Waals surface area contributed by atoms with E-state index in [0.717, 1.165) is 53.0 Å². The Kier molecular flexibility index (Phi) is 5.61. The molecule has 2 aliphatic rings. The lowest BCUT2D eigenvalue weighted by atomic mass is 10.0. The minimum atomic E-state index is -1.30. The number of rotatable bonds is 7. The van der Waals surface area contributed by atoms with Gasteiger partial charge in [0.05, 0.1) is 32.1 Å². The summed E-state index contributed by atoms with van der Waals surface area (Å²) >= 11 is 0. The Morgan fingerprint density at radius 1 is 1.10 bits per heavy atom. The maximum Gasteiger partial charge on any atom is 0.292 e. The highest BCUT2D eigenvalue weighted by Gasteiger charge is 2.56. The molecule has 0 radical (unpaired) electrons. The first-order chi connectivity index (χ1) is 14.1.